The van der Waals surface area contributed by atoms with Crippen molar-refractivity contribution in [3.8, 4) is 0 Å². The van der Waals surface area contributed by atoms with Crippen LogP contribution in [-0.4, -0.2) is 56.8 Å². The van der Waals surface area contributed by atoms with E-state index >= 15 is 0 Å². The van der Waals surface area contributed by atoms with Gasteiger partial charge in [-0.1, -0.05) is 30.3 Å². The van der Waals surface area contributed by atoms with Gasteiger partial charge in [-0.15, -0.1) is 0 Å². The molecule has 1 fully saturated rings. The second-order valence-corrected chi connectivity index (χ2v) is 5.84. The van der Waals surface area contributed by atoms with Crippen LogP contribution < -0.4 is 10.6 Å². The maximum Gasteiger partial charge on any atom is 0.191 e. The monoisotopic (exact) mass is 318 g/mol. The quantitative estimate of drug-likeness (QED) is 0.459. The molecule has 1 atom stereocenters. The number of rotatable bonds is 7. The molecule has 1 aromatic carbocycles. The third-order valence-corrected chi connectivity index (χ3v) is 4.00. The molecular formula is C18H30N4O. The van der Waals surface area contributed by atoms with E-state index in [0.717, 1.165) is 58.3 Å². The van der Waals surface area contributed by atoms with Crippen LogP contribution in [0.2, 0.25) is 0 Å². The van der Waals surface area contributed by atoms with Gasteiger partial charge in [-0.25, -0.2) is 0 Å². The van der Waals surface area contributed by atoms with Crippen molar-refractivity contribution in [1.29, 1.82) is 0 Å². The first-order valence-electron chi connectivity index (χ1n) is 8.69. The molecule has 0 amide bonds. The van der Waals surface area contributed by atoms with Gasteiger partial charge in [-0.05, 0) is 25.8 Å². The minimum atomic E-state index is 0.244. The molecule has 2 rings (SSSR count). The minimum Gasteiger partial charge on any atom is -0.379 e. The number of hydrogen-bond donors (Lipinski definition) is 2. The number of benzene rings is 1. The summed E-state index contributed by atoms with van der Waals surface area (Å²) in [5, 5.41) is 6.80. The molecule has 1 aliphatic heterocycles. The van der Waals surface area contributed by atoms with Crippen molar-refractivity contribution in [2.75, 3.05) is 45.9 Å². The number of aliphatic imine (C=N–C) groups is 1. The van der Waals surface area contributed by atoms with Gasteiger partial charge >= 0.3 is 0 Å². The first-order chi connectivity index (χ1) is 11.3. The second-order valence-electron chi connectivity index (χ2n) is 5.84. The molecule has 128 valence electrons. The summed E-state index contributed by atoms with van der Waals surface area (Å²) in [4.78, 5) is 7.15. The summed E-state index contributed by atoms with van der Waals surface area (Å²) in [6.07, 6.45) is 1.08. The van der Waals surface area contributed by atoms with Crippen molar-refractivity contribution in [1.82, 2.24) is 15.5 Å². The Morgan fingerprint density at radius 1 is 1.26 bits per heavy atom. The fourth-order valence-corrected chi connectivity index (χ4v) is 2.66. The lowest BCUT2D eigenvalue weighted by Gasteiger charge is -2.26. The summed E-state index contributed by atoms with van der Waals surface area (Å²) < 4.78 is 5.37. The standard InChI is InChI=1S/C18H30N4O/c1-3-19-18(21-16(2)17-8-5-4-6-9-17)20-10-7-11-22-12-14-23-15-13-22/h4-6,8-9,16H,3,7,10-15H2,1-2H3,(H2,19,20,21). The minimum absolute atomic E-state index is 0.244. The number of guanidine groups is 1. The third kappa shape index (κ3) is 6.59. The Kier molecular flexibility index (Phi) is 7.90. The Morgan fingerprint density at radius 2 is 2.00 bits per heavy atom. The van der Waals surface area contributed by atoms with Gasteiger partial charge in [0.15, 0.2) is 5.96 Å². The zero-order valence-corrected chi connectivity index (χ0v) is 14.4. The molecule has 1 heterocycles. The Balaban J connectivity index is 1.77. The van der Waals surface area contributed by atoms with Crippen LogP contribution in [0.25, 0.3) is 0 Å². The number of ether oxygens (including phenoxy) is 1. The van der Waals surface area contributed by atoms with Crippen LogP contribution >= 0.6 is 0 Å². The third-order valence-electron chi connectivity index (χ3n) is 4.00. The van der Waals surface area contributed by atoms with E-state index in [9.17, 15) is 0 Å². The highest BCUT2D eigenvalue weighted by atomic mass is 16.5. The summed E-state index contributed by atoms with van der Waals surface area (Å²) in [6.45, 7) is 10.9. The summed E-state index contributed by atoms with van der Waals surface area (Å²) >= 11 is 0. The van der Waals surface area contributed by atoms with Crippen molar-refractivity contribution in [3.63, 3.8) is 0 Å². The van der Waals surface area contributed by atoms with E-state index in [1.807, 2.05) is 6.07 Å². The molecule has 1 unspecified atom stereocenters. The molecule has 1 aliphatic rings. The fraction of sp³-hybridized carbons (Fsp3) is 0.611. The van der Waals surface area contributed by atoms with Crippen LogP contribution in [0.4, 0.5) is 0 Å². The SMILES string of the molecule is CCNC(=NCCCN1CCOCC1)NC(C)c1ccccc1. The molecule has 23 heavy (non-hydrogen) atoms. The molecule has 0 saturated carbocycles. The van der Waals surface area contributed by atoms with Crippen molar-refractivity contribution >= 4 is 5.96 Å². The van der Waals surface area contributed by atoms with Gasteiger partial charge in [0, 0.05) is 32.7 Å². The van der Waals surface area contributed by atoms with Crippen molar-refractivity contribution in [2.24, 2.45) is 4.99 Å². The molecule has 1 aromatic rings. The van der Waals surface area contributed by atoms with E-state index in [4.69, 9.17) is 9.73 Å². The molecule has 0 aromatic heterocycles. The highest BCUT2D eigenvalue weighted by molar-refractivity contribution is 5.80. The first kappa shape index (κ1) is 17.8. The molecule has 0 aliphatic carbocycles. The highest BCUT2D eigenvalue weighted by Crippen LogP contribution is 2.10. The van der Waals surface area contributed by atoms with E-state index in [0.29, 0.717) is 0 Å². The Hall–Kier alpha value is -1.59. The van der Waals surface area contributed by atoms with Gasteiger partial charge in [0.1, 0.15) is 0 Å². The Labute approximate surface area is 140 Å². The van der Waals surface area contributed by atoms with E-state index in [2.05, 4.69) is 53.6 Å². The fourth-order valence-electron chi connectivity index (χ4n) is 2.66. The smallest absolute Gasteiger partial charge is 0.191 e. The molecule has 1 saturated heterocycles. The van der Waals surface area contributed by atoms with Gasteiger partial charge in [-0.2, -0.15) is 0 Å². The largest absolute Gasteiger partial charge is 0.379 e. The van der Waals surface area contributed by atoms with Gasteiger partial charge in [0.25, 0.3) is 0 Å². The highest BCUT2D eigenvalue weighted by Gasteiger charge is 2.10. The number of hydrogen-bond acceptors (Lipinski definition) is 3. The molecule has 0 spiro atoms. The van der Waals surface area contributed by atoms with Gasteiger partial charge in [0.05, 0.1) is 19.3 Å². The molecule has 0 radical (unpaired) electrons. The van der Waals surface area contributed by atoms with Gasteiger partial charge < -0.3 is 15.4 Å². The Bertz CT molecular complexity index is 457. The number of morpholine rings is 1. The first-order valence-corrected chi connectivity index (χ1v) is 8.69. The maximum absolute atomic E-state index is 5.37. The van der Waals surface area contributed by atoms with E-state index in [1.165, 1.54) is 5.56 Å². The summed E-state index contributed by atoms with van der Waals surface area (Å²) in [6, 6.07) is 10.7. The predicted molar refractivity (Wildman–Crippen MR) is 95.8 cm³/mol. The molecular weight excluding hydrogens is 288 g/mol. The van der Waals surface area contributed by atoms with Crippen LogP contribution in [-0.2, 0) is 4.74 Å². The molecule has 5 heteroatoms. The Morgan fingerprint density at radius 3 is 2.70 bits per heavy atom. The van der Waals surface area contributed by atoms with Gasteiger partial charge in [-0.3, -0.25) is 9.89 Å². The van der Waals surface area contributed by atoms with E-state index < -0.39 is 0 Å². The van der Waals surface area contributed by atoms with Crippen LogP contribution in [0.15, 0.2) is 35.3 Å². The van der Waals surface area contributed by atoms with Crippen LogP contribution in [0.3, 0.4) is 0 Å². The lowest BCUT2D eigenvalue weighted by molar-refractivity contribution is 0.0377. The van der Waals surface area contributed by atoms with E-state index in [1.54, 1.807) is 0 Å². The zero-order valence-electron chi connectivity index (χ0n) is 14.4. The molecule has 0 bridgehead atoms. The summed E-state index contributed by atoms with van der Waals surface area (Å²) in [5.74, 6) is 0.894. The molecule has 2 N–H and O–H groups in total. The van der Waals surface area contributed by atoms with Crippen molar-refractivity contribution in [2.45, 2.75) is 26.3 Å². The number of nitrogens with one attached hydrogen (secondary N) is 2. The zero-order chi connectivity index (χ0) is 16.3. The lowest BCUT2D eigenvalue weighted by Crippen LogP contribution is -2.39. The maximum atomic E-state index is 5.37. The average molecular weight is 318 g/mol. The number of nitrogens with zero attached hydrogens (tertiary/aromatic N) is 2. The van der Waals surface area contributed by atoms with Crippen LogP contribution in [0, 0.1) is 0 Å². The topological polar surface area (TPSA) is 48.9 Å². The van der Waals surface area contributed by atoms with E-state index in [-0.39, 0.29) is 6.04 Å². The normalized spacial score (nSPS) is 17.7. The van der Waals surface area contributed by atoms with Gasteiger partial charge in [0.2, 0.25) is 0 Å². The molecule has 5 nitrogen and oxygen atoms in total. The predicted octanol–water partition coefficient (Wildman–Crippen LogP) is 2.03. The summed E-state index contributed by atoms with van der Waals surface area (Å²) in [7, 11) is 0. The average Bonchev–Trinajstić information content (AvgIpc) is 2.60. The van der Waals surface area contributed by atoms with Crippen molar-refractivity contribution < 1.29 is 4.74 Å². The van der Waals surface area contributed by atoms with Crippen molar-refractivity contribution in [3.05, 3.63) is 35.9 Å². The summed E-state index contributed by atoms with van der Waals surface area (Å²) in [5.41, 5.74) is 1.27. The van der Waals surface area contributed by atoms with Crippen LogP contribution in [0.1, 0.15) is 31.9 Å². The van der Waals surface area contributed by atoms with Crippen LogP contribution in [0.5, 0.6) is 0 Å². The second kappa shape index (κ2) is 10.2. The lowest BCUT2D eigenvalue weighted by atomic mass is 10.1.